The number of carbonyl (C=O) groups is 1. The number of amides is 1. The molecule has 1 amide bonds. The van der Waals surface area contributed by atoms with Crippen LogP contribution in [0.2, 0.25) is 0 Å². The van der Waals surface area contributed by atoms with E-state index in [0.29, 0.717) is 31.1 Å². The van der Waals surface area contributed by atoms with Crippen molar-refractivity contribution < 1.29 is 9.32 Å². The standard InChI is InChI=1S/C15H18N4O2/c1-10-18-15(21-19-10)6-7-16-14(20)8-11-9-17-13-5-3-2-4-12(11)13/h2-5,11,17H,6-9H2,1H3,(H,16,20). The molecular weight excluding hydrogens is 268 g/mol. The van der Waals surface area contributed by atoms with E-state index in [1.54, 1.807) is 6.92 Å². The van der Waals surface area contributed by atoms with Gasteiger partial charge in [0.15, 0.2) is 5.82 Å². The first-order valence-electron chi connectivity index (χ1n) is 7.11. The predicted molar refractivity (Wildman–Crippen MR) is 78.0 cm³/mol. The van der Waals surface area contributed by atoms with Gasteiger partial charge in [-0.25, -0.2) is 0 Å². The van der Waals surface area contributed by atoms with Gasteiger partial charge >= 0.3 is 0 Å². The van der Waals surface area contributed by atoms with Gasteiger partial charge in [0.05, 0.1) is 0 Å². The molecule has 0 aliphatic carbocycles. The largest absolute Gasteiger partial charge is 0.384 e. The third-order valence-corrected chi connectivity index (χ3v) is 3.60. The van der Waals surface area contributed by atoms with Crippen molar-refractivity contribution in [2.45, 2.75) is 25.7 Å². The van der Waals surface area contributed by atoms with E-state index >= 15 is 0 Å². The van der Waals surface area contributed by atoms with Crippen LogP contribution in [0.4, 0.5) is 5.69 Å². The van der Waals surface area contributed by atoms with Crippen LogP contribution in [-0.2, 0) is 11.2 Å². The van der Waals surface area contributed by atoms with E-state index in [1.165, 1.54) is 5.56 Å². The summed E-state index contributed by atoms with van der Waals surface area (Å²) in [6.07, 6.45) is 1.05. The van der Waals surface area contributed by atoms with E-state index < -0.39 is 0 Å². The van der Waals surface area contributed by atoms with E-state index in [1.807, 2.05) is 18.2 Å². The third-order valence-electron chi connectivity index (χ3n) is 3.60. The maximum Gasteiger partial charge on any atom is 0.228 e. The minimum Gasteiger partial charge on any atom is -0.384 e. The van der Waals surface area contributed by atoms with Crippen LogP contribution >= 0.6 is 0 Å². The summed E-state index contributed by atoms with van der Waals surface area (Å²) in [5.74, 6) is 1.47. The topological polar surface area (TPSA) is 80.0 Å². The van der Waals surface area contributed by atoms with Gasteiger partial charge < -0.3 is 15.2 Å². The minimum atomic E-state index is 0.0507. The first-order chi connectivity index (χ1) is 10.2. The Hall–Kier alpha value is -2.37. The van der Waals surface area contributed by atoms with Crippen molar-refractivity contribution >= 4 is 11.6 Å². The molecule has 6 nitrogen and oxygen atoms in total. The number of nitrogens with one attached hydrogen (secondary N) is 2. The molecule has 2 aromatic rings. The summed E-state index contributed by atoms with van der Waals surface area (Å²) in [6.45, 7) is 3.11. The zero-order valence-corrected chi connectivity index (χ0v) is 11.9. The van der Waals surface area contributed by atoms with Gasteiger partial charge in [0.1, 0.15) is 0 Å². The normalized spacial score (nSPS) is 16.3. The number of nitrogens with zero attached hydrogens (tertiary/aromatic N) is 2. The van der Waals surface area contributed by atoms with Crippen molar-refractivity contribution in [2.24, 2.45) is 0 Å². The van der Waals surface area contributed by atoms with Crippen LogP contribution in [0.1, 0.15) is 29.6 Å². The van der Waals surface area contributed by atoms with Crippen LogP contribution in [0.15, 0.2) is 28.8 Å². The maximum absolute atomic E-state index is 12.0. The zero-order valence-electron chi connectivity index (χ0n) is 11.9. The monoisotopic (exact) mass is 286 g/mol. The molecule has 2 N–H and O–H groups in total. The van der Waals surface area contributed by atoms with Crippen molar-refractivity contribution in [1.29, 1.82) is 0 Å². The molecule has 0 saturated carbocycles. The second kappa shape index (κ2) is 5.95. The van der Waals surface area contributed by atoms with Gasteiger partial charge in [0, 0.05) is 37.5 Å². The summed E-state index contributed by atoms with van der Waals surface area (Å²) in [7, 11) is 0. The highest BCUT2D eigenvalue weighted by Gasteiger charge is 2.23. The highest BCUT2D eigenvalue weighted by atomic mass is 16.5. The zero-order chi connectivity index (χ0) is 14.7. The molecule has 0 spiro atoms. The number of para-hydroxylation sites is 1. The smallest absolute Gasteiger partial charge is 0.228 e. The number of carbonyl (C=O) groups excluding carboxylic acids is 1. The molecule has 1 aromatic carbocycles. The molecule has 1 unspecified atom stereocenters. The molecule has 0 saturated heterocycles. The van der Waals surface area contributed by atoms with Gasteiger partial charge in [-0.1, -0.05) is 23.4 Å². The Labute approximate surface area is 122 Å². The van der Waals surface area contributed by atoms with E-state index in [9.17, 15) is 4.79 Å². The van der Waals surface area contributed by atoms with Crippen molar-refractivity contribution in [3.63, 3.8) is 0 Å². The molecule has 0 radical (unpaired) electrons. The molecule has 1 atom stereocenters. The Morgan fingerprint density at radius 1 is 1.48 bits per heavy atom. The number of anilines is 1. The fraction of sp³-hybridized carbons (Fsp3) is 0.400. The van der Waals surface area contributed by atoms with Crippen LogP contribution in [-0.4, -0.2) is 29.1 Å². The summed E-state index contributed by atoms with van der Waals surface area (Å²) in [4.78, 5) is 16.1. The first-order valence-corrected chi connectivity index (χ1v) is 7.11. The molecule has 2 heterocycles. The van der Waals surface area contributed by atoms with Crippen LogP contribution in [0.5, 0.6) is 0 Å². The minimum absolute atomic E-state index is 0.0507. The van der Waals surface area contributed by atoms with Gasteiger partial charge in [-0.05, 0) is 18.6 Å². The van der Waals surface area contributed by atoms with Crippen molar-refractivity contribution in [2.75, 3.05) is 18.4 Å². The number of aryl methyl sites for hydroxylation is 1. The van der Waals surface area contributed by atoms with Crippen molar-refractivity contribution in [3.8, 4) is 0 Å². The predicted octanol–water partition coefficient (Wildman–Crippen LogP) is 1.64. The fourth-order valence-electron chi connectivity index (χ4n) is 2.59. The molecule has 1 aliphatic heterocycles. The average Bonchev–Trinajstić information content (AvgIpc) is 3.06. The lowest BCUT2D eigenvalue weighted by Gasteiger charge is -2.10. The Kier molecular flexibility index (Phi) is 3.85. The summed E-state index contributed by atoms with van der Waals surface area (Å²) >= 11 is 0. The number of hydrogen-bond donors (Lipinski definition) is 2. The number of rotatable bonds is 5. The fourth-order valence-corrected chi connectivity index (χ4v) is 2.59. The van der Waals surface area contributed by atoms with Crippen molar-refractivity contribution in [1.82, 2.24) is 15.5 Å². The molecule has 0 bridgehead atoms. The van der Waals surface area contributed by atoms with Gasteiger partial charge in [-0.3, -0.25) is 4.79 Å². The maximum atomic E-state index is 12.0. The molecule has 6 heteroatoms. The molecular formula is C15H18N4O2. The molecule has 1 aliphatic rings. The van der Waals surface area contributed by atoms with E-state index in [4.69, 9.17) is 4.52 Å². The average molecular weight is 286 g/mol. The summed E-state index contributed by atoms with van der Waals surface area (Å²) in [6, 6.07) is 8.13. The van der Waals surface area contributed by atoms with E-state index in [2.05, 4.69) is 26.8 Å². The number of fused-ring (bicyclic) bond motifs is 1. The van der Waals surface area contributed by atoms with Crippen LogP contribution < -0.4 is 10.6 Å². The quantitative estimate of drug-likeness (QED) is 0.873. The number of hydrogen-bond acceptors (Lipinski definition) is 5. The molecule has 3 rings (SSSR count). The first kappa shape index (κ1) is 13.6. The lowest BCUT2D eigenvalue weighted by molar-refractivity contribution is -0.121. The highest BCUT2D eigenvalue weighted by Crippen LogP contribution is 2.32. The van der Waals surface area contributed by atoms with Crippen LogP contribution in [0.25, 0.3) is 0 Å². The van der Waals surface area contributed by atoms with Gasteiger partial charge in [-0.2, -0.15) is 4.98 Å². The summed E-state index contributed by atoms with van der Waals surface area (Å²) < 4.78 is 5.00. The summed E-state index contributed by atoms with van der Waals surface area (Å²) in [5.41, 5.74) is 2.36. The molecule has 21 heavy (non-hydrogen) atoms. The Balaban J connectivity index is 1.47. The Morgan fingerprint density at radius 3 is 3.14 bits per heavy atom. The lowest BCUT2D eigenvalue weighted by atomic mass is 9.97. The van der Waals surface area contributed by atoms with E-state index in [0.717, 1.165) is 12.2 Å². The van der Waals surface area contributed by atoms with Gasteiger partial charge in [0.25, 0.3) is 0 Å². The molecule has 0 fully saturated rings. The SMILES string of the molecule is Cc1noc(CCNC(=O)CC2CNc3ccccc32)n1. The molecule has 1 aromatic heterocycles. The van der Waals surface area contributed by atoms with Crippen LogP contribution in [0.3, 0.4) is 0 Å². The summed E-state index contributed by atoms with van der Waals surface area (Å²) in [5, 5.41) is 9.95. The van der Waals surface area contributed by atoms with E-state index in [-0.39, 0.29) is 11.8 Å². The van der Waals surface area contributed by atoms with Crippen LogP contribution in [0, 0.1) is 6.92 Å². The number of aromatic nitrogens is 2. The number of benzene rings is 1. The highest BCUT2D eigenvalue weighted by molar-refractivity contribution is 5.78. The molecule has 110 valence electrons. The second-order valence-electron chi connectivity index (χ2n) is 5.20. The second-order valence-corrected chi connectivity index (χ2v) is 5.20. The lowest BCUT2D eigenvalue weighted by Crippen LogP contribution is -2.27. The Morgan fingerprint density at radius 2 is 2.33 bits per heavy atom. The third kappa shape index (κ3) is 3.21. The van der Waals surface area contributed by atoms with Gasteiger partial charge in [-0.15, -0.1) is 0 Å². The van der Waals surface area contributed by atoms with Gasteiger partial charge in [0.2, 0.25) is 11.8 Å². The van der Waals surface area contributed by atoms with Crippen molar-refractivity contribution in [3.05, 3.63) is 41.5 Å². The Bertz CT molecular complexity index is 638.